The highest BCUT2D eigenvalue weighted by molar-refractivity contribution is 5.81. The lowest BCUT2D eigenvalue weighted by molar-refractivity contribution is -0.146. The van der Waals surface area contributed by atoms with Gasteiger partial charge in [-0.25, -0.2) is 0 Å². The molecule has 0 bridgehead atoms. The van der Waals surface area contributed by atoms with E-state index < -0.39 is 17.4 Å². The second kappa shape index (κ2) is 5.69. The number of aliphatic hydroxyl groups is 2. The van der Waals surface area contributed by atoms with Gasteiger partial charge in [-0.3, -0.25) is 4.79 Å². The van der Waals surface area contributed by atoms with Gasteiger partial charge < -0.3 is 15.1 Å². The van der Waals surface area contributed by atoms with Gasteiger partial charge in [-0.05, 0) is 0 Å². The number of aliphatic hydroxyl groups excluding tert-OH is 2. The Hall–Kier alpha value is -1.12. The van der Waals surface area contributed by atoms with Gasteiger partial charge in [0.1, 0.15) is 6.10 Å². The largest absolute Gasteiger partial charge is 0.396 e. The first-order valence-electron chi connectivity index (χ1n) is 4.77. The first kappa shape index (κ1) is 13.9. The maximum atomic E-state index is 11.6. The summed E-state index contributed by atoms with van der Waals surface area (Å²) in [4.78, 5) is 12.9. The Labute approximate surface area is 89.9 Å². The molecule has 0 aliphatic heterocycles. The van der Waals surface area contributed by atoms with Crippen molar-refractivity contribution in [2.45, 2.75) is 26.4 Å². The van der Waals surface area contributed by atoms with Crippen LogP contribution in [0, 0.1) is 16.7 Å². The average Bonchev–Trinajstić information content (AvgIpc) is 2.23. The summed E-state index contributed by atoms with van der Waals surface area (Å²) in [5, 5.41) is 27.0. The number of nitriles is 1. The highest BCUT2D eigenvalue weighted by Gasteiger charge is 2.34. The van der Waals surface area contributed by atoms with Crippen LogP contribution in [-0.4, -0.2) is 47.3 Å². The van der Waals surface area contributed by atoms with E-state index in [9.17, 15) is 9.90 Å². The van der Waals surface area contributed by atoms with E-state index >= 15 is 0 Å². The molecule has 1 amide bonds. The summed E-state index contributed by atoms with van der Waals surface area (Å²) in [7, 11) is 1.52. The van der Waals surface area contributed by atoms with Crippen molar-refractivity contribution in [3.63, 3.8) is 0 Å². The quantitative estimate of drug-likeness (QED) is 0.660. The summed E-state index contributed by atoms with van der Waals surface area (Å²) >= 11 is 0. The topological polar surface area (TPSA) is 84.6 Å². The van der Waals surface area contributed by atoms with Gasteiger partial charge >= 0.3 is 0 Å². The summed E-state index contributed by atoms with van der Waals surface area (Å²) in [6.45, 7) is 3.22. The number of hydrogen-bond acceptors (Lipinski definition) is 4. The highest BCUT2D eigenvalue weighted by Crippen LogP contribution is 2.20. The number of carbonyl (C=O) groups excluding carboxylic acids is 1. The summed E-state index contributed by atoms with van der Waals surface area (Å²) in [6, 6.07) is 1.92. The van der Waals surface area contributed by atoms with E-state index in [1.807, 2.05) is 6.07 Å². The van der Waals surface area contributed by atoms with Crippen LogP contribution in [0.2, 0.25) is 0 Å². The molecule has 0 aromatic rings. The van der Waals surface area contributed by atoms with Crippen molar-refractivity contribution in [2.24, 2.45) is 5.41 Å². The lowest BCUT2D eigenvalue weighted by Crippen LogP contribution is -2.46. The van der Waals surface area contributed by atoms with Gasteiger partial charge in [0.2, 0.25) is 0 Å². The fourth-order valence-corrected chi connectivity index (χ4v) is 0.957. The second-order valence-electron chi connectivity index (χ2n) is 4.22. The number of nitrogens with zero attached hydrogens (tertiary/aromatic N) is 2. The summed E-state index contributed by atoms with van der Waals surface area (Å²) < 4.78 is 0. The molecule has 0 radical (unpaired) electrons. The third-order valence-corrected chi connectivity index (χ3v) is 2.32. The standard InChI is InChI=1S/C10H18N2O3/c1-10(2,7-13)8(14)9(15)12(3)6-4-5-11/h8,13-14H,4,6-7H2,1-3H3. The minimum Gasteiger partial charge on any atom is -0.396 e. The van der Waals surface area contributed by atoms with Crippen LogP contribution < -0.4 is 0 Å². The number of rotatable bonds is 5. The zero-order chi connectivity index (χ0) is 12.1. The molecule has 0 rings (SSSR count). The molecule has 0 aliphatic rings. The van der Waals surface area contributed by atoms with Gasteiger partial charge in [0, 0.05) is 19.0 Å². The fraction of sp³-hybridized carbons (Fsp3) is 0.800. The van der Waals surface area contributed by atoms with E-state index in [0.29, 0.717) is 0 Å². The van der Waals surface area contributed by atoms with Crippen LogP contribution in [0.3, 0.4) is 0 Å². The predicted octanol–water partition coefficient (Wildman–Crippen LogP) is -0.262. The van der Waals surface area contributed by atoms with E-state index in [-0.39, 0.29) is 19.6 Å². The van der Waals surface area contributed by atoms with E-state index in [1.165, 1.54) is 11.9 Å². The fourth-order valence-electron chi connectivity index (χ4n) is 0.957. The molecule has 86 valence electrons. The molecule has 1 unspecified atom stereocenters. The van der Waals surface area contributed by atoms with Gasteiger partial charge in [-0.1, -0.05) is 13.8 Å². The number of carbonyl (C=O) groups is 1. The lowest BCUT2D eigenvalue weighted by atomic mass is 9.87. The van der Waals surface area contributed by atoms with Gasteiger partial charge in [-0.15, -0.1) is 0 Å². The third-order valence-electron chi connectivity index (χ3n) is 2.32. The first-order valence-corrected chi connectivity index (χ1v) is 4.77. The van der Waals surface area contributed by atoms with Gasteiger partial charge in [0.25, 0.3) is 5.91 Å². The van der Waals surface area contributed by atoms with Crippen molar-refractivity contribution in [3.8, 4) is 6.07 Å². The molecule has 0 aromatic carbocycles. The van der Waals surface area contributed by atoms with Crippen molar-refractivity contribution >= 4 is 5.91 Å². The van der Waals surface area contributed by atoms with Crippen molar-refractivity contribution in [3.05, 3.63) is 0 Å². The summed E-state index contributed by atoms with van der Waals surface area (Å²) in [6.07, 6.45) is -1.01. The number of hydrogen-bond donors (Lipinski definition) is 2. The van der Waals surface area contributed by atoms with Crippen LogP contribution in [0.4, 0.5) is 0 Å². The van der Waals surface area contributed by atoms with Crippen LogP contribution in [0.15, 0.2) is 0 Å². The molecule has 0 fully saturated rings. The lowest BCUT2D eigenvalue weighted by Gasteiger charge is -2.30. The minimum absolute atomic E-state index is 0.231. The van der Waals surface area contributed by atoms with Crippen molar-refractivity contribution < 1.29 is 15.0 Å². The first-order chi connectivity index (χ1) is 6.86. The highest BCUT2D eigenvalue weighted by atomic mass is 16.3. The number of likely N-dealkylation sites (N-methyl/N-ethyl adjacent to an activating group) is 1. The maximum Gasteiger partial charge on any atom is 0.251 e. The van der Waals surface area contributed by atoms with Crippen LogP contribution in [-0.2, 0) is 4.79 Å². The predicted molar refractivity (Wildman–Crippen MR) is 54.7 cm³/mol. The van der Waals surface area contributed by atoms with Crippen LogP contribution in [0.25, 0.3) is 0 Å². The van der Waals surface area contributed by atoms with Crippen molar-refractivity contribution in [1.29, 1.82) is 5.26 Å². The number of amides is 1. The molecule has 0 spiro atoms. The monoisotopic (exact) mass is 214 g/mol. The Morgan fingerprint density at radius 2 is 2.13 bits per heavy atom. The molecule has 5 heteroatoms. The Kier molecular flexibility index (Phi) is 5.26. The molecule has 0 saturated heterocycles. The second-order valence-corrected chi connectivity index (χ2v) is 4.22. The zero-order valence-electron chi connectivity index (χ0n) is 9.40. The Morgan fingerprint density at radius 1 is 1.60 bits per heavy atom. The molecule has 5 nitrogen and oxygen atoms in total. The summed E-state index contributed by atoms with van der Waals surface area (Å²) in [5.74, 6) is -0.468. The Bertz CT molecular complexity index is 258. The zero-order valence-corrected chi connectivity index (χ0v) is 9.40. The van der Waals surface area contributed by atoms with Gasteiger partial charge in [0.05, 0.1) is 19.1 Å². The van der Waals surface area contributed by atoms with Crippen molar-refractivity contribution in [1.82, 2.24) is 4.90 Å². The minimum atomic E-state index is -1.24. The van der Waals surface area contributed by atoms with Crippen LogP contribution in [0.1, 0.15) is 20.3 Å². The molecular weight excluding hydrogens is 196 g/mol. The Morgan fingerprint density at radius 3 is 2.53 bits per heavy atom. The summed E-state index contributed by atoms with van der Waals surface area (Å²) in [5.41, 5.74) is -0.863. The smallest absolute Gasteiger partial charge is 0.251 e. The SMILES string of the molecule is CN(CCC#N)C(=O)C(O)C(C)(C)CO. The van der Waals surface area contributed by atoms with E-state index in [2.05, 4.69) is 0 Å². The molecule has 0 saturated carbocycles. The van der Waals surface area contributed by atoms with E-state index in [0.717, 1.165) is 0 Å². The molecule has 1 atom stereocenters. The molecule has 0 heterocycles. The molecular formula is C10H18N2O3. The molecule has 15 heavy (non-hydrogen) atoms. The van der Waals surface area contributed by atoms with Gasteiger partial charge in [0.15, 0.2) is 0 Å². The van der Waals surface area contributed by atoms with Crippen LogP contribution in [0.5, 0.6) is 0 Å². The van der Waals surface area contributed by atoms with Gasteiger partial charge in [-0.2, -0.15) is 5.26 Å². The van der Waals surface area contributed by atoms with E-state index in [4.69, 9.17) is 10.4 Å². The normalized spacial score (nSPS) is 13.1. The molecule has 2 N–H and O–H groups in total. The average molecular weight is 214 g/mol. The Balaban J connectivity index is 4.38. The third kappa shape index (κ3) is 3.86. The maximum absolute atomic E-state index is 11.6. The van der Waals surface area contributed by atoms with Crippen molar-refractivity contribution in [2.75, 3.05) is 20.2 Å². The van der Waals surface area contributed by atoms with Crippen LogP contribution >= 0.6 is 0 Å². The molecule has 0 aromatic heterocycles. The van der Waals surface area contributed by atoms with E-state index in [1.54, 1.807) is 13.8 Å². The molecule has 0 aliphatic carbocycles.